The molecule has 4 rings (SSSR count). The number of phenols is 1. The quantitative estimate of drug-likeness (QED) is 0.745. The standard InChI is InChI=1S/C22H25N3O4/c1-23-10-12-24(13-11-23)15-25-18-8-4-3-7-17(18)22(29,21(25)28)14-20(27)16-6-2-5-9-19(16)26/h2-9,26,29H,10-15H2,1H3/t22-/m1/s1. The topological polar surface area (TPSA) is 84.3 Å². The number of fused-ring (bicyclic) bond motifs is 1. The number of rotatable bonds is 5. The van der Waals surface area contributed by atoms with E-state index in [0.29, 0.717) is 17.9 Å². The molecule has 2 N–H and O–H groups in total. The molecular formula is C22H25N3O4. The summed E-state index contributed by atoms with van der Waals surface area (Å²) < 4.78 is 0. The van der Waals surface area contributed by atoms with Gasteiger partial charge in [-0.15, -0.1) is 0 Å². The number of anilines is 1. The van der Waals surface area contributed by atoms with E-state index in [1.54, 1.807) is 35.2 Å². The van der Waals surface area contributed by atoms with Crippen LogP contribution in [0.1, 0.15) is 22.3 Å². The highest BCUT2D eigenvalue weighted by atomic mass is 16.3. The fourth-order valence-corrected chi connectivity index (χ4v) is 4.04. The normalized spacial score (nSPS) is 22.7. The summed E-state index contributed by atoms with van der Waals surface area (Å²) in [4.78, 5) is 32.1. The van der Waals surface area contributed by atoms with Crippen LogP contribution in [0.25, 0.3) is 0 Å². The van der Waals surface area contributed by atoms with Crippen molar-refractivity contribution in [1.29, 1.82) is 0 Å². The van der Waals surface area contributed by atoms with Crippen LogP contribution >= 0.6 is 0 Å². The number of carbonyl (C=O) groups excluding carboxylic acids is 2. The van der Waals surface area contributed by atoms with Gasteiger partial charge in [0.25, 0.3) is 5.91 Å². The molecule has 1 atom stereocenters. The van der Waals surface area contributed by atoms with Gasteiger partial charge in [0, 0.05) is 31.7 Å². The molecule has 1 fully saturated rings. The lowest BCUT2D eigenvalue weighted by molar-refractivity contribution is -0.136. The van der Waals surface area contributed by atoms with Gasteiger partial charge in [0.2, 0.25) is 0 Å². The maximum atomic E-state index is 13.3. The van der Waals surface area contributed by atoms with Gasteiger partial charge >= 0.3 is 0 Å². The number of Topliss-reactive ketones (excluding diaryl/α,β-unsaturated/α-hetero) is 1. The molecule has 1 saturated heterocycles. The summed E-state index contributed by atoms with van der Waals surface area (Å²) >= 11 is 0. The molecule has 1 amide bonds. The predicted molar refractivity (Wildman–Crippen MR) is 109 cm³/mol. The third kappa shape index (κ3) is 3.53. The SMILES string of the molecule is CN1CCN(CN2C(=O)[C@@](O)(CC(=O)c3ccccc3O)c3ccccc32)CC1. The summed E-state index contributed by atoms with van der Waals surface area (Å²) in [6.07, 6.45) is -0.417. The zero-order valence-corrected chi connectivity index (χ0v) is 16.4. The van der Waals surface area contributed by atoms with Crippen molar-refractivity contribution < 1.29 is 19.8 Å². The molecule has 2 aliphatic heterocycles. The number of hydrogen-bond donors (Lipinski definition) is 2. The average molecular weight is 395 g/mol. The van der Waals surface area contributed by atoms with Crippen LogP contribution in [0.3, 0.4) is 0 Å². The molecule has 2 aromatic rings. The molecular weight excluding hydrogens is 370 g/mol. The highest BCUT2D eigenvalue weighted by Gasteiger charge is 2.51. The number of nitrogens with zero attached hydrogens (tertiary/aromatic N) is 3. The van der Waals surface area contributed by atoms with Crippen molar-refractivity contribution in [3.05, 3.63) is 59.7 Å². The molecule has 0 aliphatic carbocycles. The number of hydrogen-bond acceptors (Lipinski definition) is 6. The first-order valence-corrected chi connectivity index (χ1v) is 9.76. The van der Waals surface area contributed by atoms with Crippen LogP contribution in [-0.4, -0.2) is 71.6 Å². The smallest absolute Gasteiger partial charge is 0.265 e. The summed E-state index contributed by atoms with van der Waals surface area (Å²) in [5, 5.41) is 21.3. The van der Waals surface area contributed by atoms with Crippen molar-refractivity contribution in [2.45, 2.75) is 12.0 Å². The highest BCUT2D eigenvalue weighted by molar-refractivity contribution is 6.11. The Morgan fingerprint density at radius 1 is 1.03 bits per heavy atom. The average Bonchev–Trinajstić information content (AvgIpc) is 2.92. The third-order valence-electron chi connectivity index (χ3n) is 5.80. The second-order valence-electron chi connectivity index (χ2n) is 7.79. The number of benzene rings is 2. The Kier molecular flexibility index (Phi) is 5.12. The molecule has 152 valence electrons. The molecule has 29 heavy (non-hydrogen) atoms. The second-order valence-corrected chi connectivity index (χ2v) is 7.79. The number of carbonyl (C=O) groups is 2. The van der Waals surface area contributed by atoms with Crippen molar-refractivity contribution in [3.8, 4) is 5.75 Å². The van der Waals surface area contributed by atoms with E-state index in [0.717, 1.165) is 26.2 Å². The van der Waals surface area contributed by atoms with Crippen LogP contribution in [0.5, 0.6) is 5.75 Å². The van der Waals surface area contributed by atoms with Crippen LogP contribution in [0.4, 0.5) is 5.69 Å². The van der Waals surface area contributed by atoms with E-state index >= 15 is 0 Å². The van der Waals surface area contributed by atoms with Crippen LogP contribution in [0.15, 0.2) is 48.5 Å². The maximum Gasteiger partial charge on any atom is 0.265 e. The van der Waals surface area contributed by atoms with E-state index in [9.17, 15) is 19.8 Å². The van der Waals surface area contributed by atoms with Gasteiger partial charge in [-0.1, -0.05) is 30.3 Å². The fourth-order valence-electron chi connectivity index (χ4n) is 4.04. The Hall–Kier alpha value is -2.74. The van der Waals surface area contributed by atoms with Gasteiger partial charge in [-0.05, 0) is 25.2 Å². The number of aliphatic hydroxyl groups is 1. The van der Waals surface area contributed by atoms with E-state index in [-0.39, 0.29) is 11.3 Å². The third-order valence-corrected chi connectivity index (χ3v) is 5.80. The van der Waals surface area contributed by atoms with Crippen LogP contribution in [0.2, 0.25) is 0 Å². The number of ketones is 1. The summed E-state index contributed by atoms with van der Waals surface area (Å²) in [6, 6.07) is 13.2. The Labute approximate surface area is 169 Å². The molecule has 2 heterocycles. The lowest BCUT2D eigenvalue weighted by Gasteiger charge is -2.35. The number of aromatic hydroxyl groups is 1. The lowest BCUT2D eigenvalue weighted by atomic mass is 9.88. The van der Waals surface area contributed by atoms with Gasteiger partial charge in [-0.25, -0.2) is 0 Å². The number of phenolic OH excluding ortho intramolecular Hbond substituents is 1. The van der Waals surface area contributed by atoms with E-state index in [2.05, 4.69) is 16.8 Å². The Balaban J connectivity index is 1.61. The Morgan fingerprint density at radius 2 is 1.69 bits per heavy atom. The number of para-hydroxylation sites is 2. The zero-order chi connectivity index (χ0) is 20.6. The van der Waals surface area contributed by atoms with Gasteiger partial charge in [-0.2, -0.15) is 0 Å². The van der Waals surface area contributed by atoms with Crippen molar-refractivity contribution in [1.82, 2.24) is 9.80 Å². The number of piperazine rings is 1. The lowest BCUT2D eigenvalue weighted by Crippen LogP contribution is -2.51. The molecule has 0 unspecified atom stereocenters. The zero-order valence-electron chi connectivity index (χ0n) is 16.4. The first-order chi connectivity index (χ1) is 13.9. The summed E-state index contributed by atoms with van der Waals surface area (Å²) in [6.45, 7) is 3.87. The second kappa shape index (κ2) is 7.59. The van der Waals surface area contributed by atoms with Crippen molar-refractivity contribution in [2.24, 2.45) is 0 Å². The minimum absolute atomic E-state index is 0.101. The van der Waals surface area contributed by atoms with Crippen molar-refractivity contribution >= 4 is 17.4 Å². The minimum atomic E-state index is -1.94. The minimum Gasteiger partial charge on any atom is -0.507 e. The molecule has 0 saturated carbocycles. The van der Waals surface area contributed by atoms with E-state index in [1.807, 2.05) is 6.07 Å². The van der Waals surface area contributed by atoms with Crippen molar-refractivity contribution in [3.63, 3.8) is 0 Å². The molecule has 0 aromatic heterocycles. The number of amides is 1. The molecule has 7 heteroatoms. The highest BCUT2D eigenvalue weighted by Crippen LogP contribution is 2.43. The van der Waals surface area contributed by atoms with Gasteiger partial charge in [-0.3, -0.25) is 19.4 Å². The molecule has 7 nitrogen and oxygen atoms in total. The first kappa shape index (κ1) is 19.6. The van der Waals surface area contributed by atoms with E-state index < -0.39 is 23.7 Å². The predicted octanol–water partition coefficient (Wildman–Crippen LogP) is 1.40. The number of likely N-dealkylation sites (N-methyl/N-ethyl adjacent to an activating group) is 1. The monoisotopic (exact) mass is 395 g/mol. The first-order valence-electron chi connectivity index (χ1n) is 9.76. The van der Waals surface area contributed by atoms with Crippen LogP contribution < -0.4 is 4.90 Å². The Morgan fingerprint density at radius 3 is 2.41 bits per heavy atom. The summed E-state index contributed by atoms with van der Waals surface area (Å²) in [5.41, 5.74) is -0.779. The molecule has 0 radical (unpaired) electrons. The fraction of sp³-hybridized carbons (Fsp3) is 0.364. The largest absolute Gasteiger partial charge is 0.507 e. The van der Waals surface area contributed by atoms with Gasteiger partial charge < -0.3 is 15.1 Å². The molecule has 0 bridgehead atoms. The van der Waals surface area contributed by atoms with Crippen molar-refractivity contribution in [2.75, 3.05) is 44.8 Å². The van der Waals surface area contributed by atoms with Gasteiger partial charge in [0.15, 0.2) is 11.4 Å². The Bertz CT molecular complexity index is 939. The molecule has 2 aliphatic rings. The van der Waals surface area contributed by atoms with Crippen LogP contribution in [-0.2, 0) is 10.4 Å². The molecule has 2 aromatic carbocycles. The van der Waals surface area contributed by atoms with E-state index in [1.165, 1.54) is 12.1 Å². The summed E-state index contributed by atoms with van der Waals surface area (Å²) in [7, 11) is 2.07. The van der Waals surface area contributed by atoms with Crippen LogP contribution in [0, 0.1) is 0 Å². The maximum absolute atomic E-state index is 13.3. The van der Waals surface area contributed by atoms with Gasteiger partial charge in [0.1, 0.15) is 5.75 Å². The molecule has 0 spiro atoms. The van der Waals surface area contributed by atoms with E-state index in [4.69, 9.17) is 0 Å². The van der Waals surface area contributed by atoms with Gasteiger partial charge in [0.05, 0.1) is 24.3 Å². The summed E-state index contributed by atoms with van der Waals surface area (Å²) in [5.74, 6) is -1.13.